The molecule has 0 radical (unpaired) electrons. The van der Waals surface area contributed by atoms with Gasteiger partial charge in [-0.2, -0.15) is 0 Å². The number of carbonyl (C=O) groups excluding carboxylic acids is 1. The molecule has 0 amide bonds. The van der Waals surface area contributed by atoms with E-state index in [1.54, 1.807) is 0 Å². The summed E-state index contributed by atoms with van der Waals surface area (Å²) >= 11 is 0. The van der Waals surface area contributed by atoms with Gasteiger partial charge in [0.25, 0.3) is 0 Å². The highest BCUT2D eigenvalue weighted by Crippen LogP contribution is 2.32. The number of hydrogen-bond acceptors (Lipinski definition) is 3. The number of fused-ring (bicyclic) bond motifs is 2. The summed E-state index contributed by atoms with van der Waals surface area (Å²) < 4.78 is 4.78. The molecule has 0 aliphatic carbocycles. The molecule has 3 atom stereocenters. The van der Waals surface area contributed by atoms with E-state index >= 15 is 0 Å². The zero-order valence-corrected chi connectivity index (χ0v) is 7.45. The van der Waals surface area contributed by atoms with Crippen molar-refractivity contribution in [1.82, 2.24) is 4.90 Å². The molecule has 2 rings (SSSR count). The van der Waals surface area contributed by atoms with E-state index < -0.39 is 0 Å². The van der Waals surface area contributed by atoms with Crippen LogP contribution in [0.5, 0.6) is 0 Å². The topological polar surface area (TPSA) is 29.5 Å². The maximum atomic E-state index is 11.3. The lowest BCUT2D eigenvalue weighted by molar-refractivity contribution is -0.146. The summed E-state index contributed by atoms with van der Waals surface area (Å²) in [5.74, 6) is 0.730. The van der Waals surface area contributed by atoms with Crippen LogP contribution < -0.4 is 0 Å². The molecule has 3 unspecified atom stereocenters. The van der Waals surface area contributed by atoms with E-state index in [-0.39, 0.29) is 11.9 Å². The molecule has 0 saturated carbocycles. The minimum Gasteiger partial charge on any atom is -0.469 e. The van der Waals surface area contributed by atoms with Crippen molar-refractivity contribution in [2.45, 2.75) is 12.8 Å². The fourth-order valence-electron chi connectivity index (χ4n) is 2.43. The van der Waals surface area contributed by atoms with Crippen molar-refractivity contribution < 1.29 is 9.53 Å². The van der Waals surface area contributed by atoms with Crippen molar-refractivity contribution in [1.29, 1.82) is 0 Å². The van der Waals surface area contributed by atoms with Crippen LogP contribution in [-0.4, -0.2) is 37.6 Å². The largest absolute Gasteiger partial charge is 0.469 e. The van der Waals surface area contributed by atoms with Gasteiger partial charge >= 0.3 is 5.97 Å². The molecule has 2 heterocycles. The average Bonchev–Trinajstić information content (AvgIpc) is 2.40. The van der Waals surface area contributed by atoms with Gasteiger partial charge in [0.1, 0.15) is 0 Å². The summed E-state index contributed by atoms with van der Waals surface area (Å²) in [7, 11) is 1.49. The maximum absolute atomic E-state index is 11.3. The van der Waals surface area contributed by atoms with E-state index in [0.717, 1.165) is 13.1 Å². The van der Waals surface area contributed by atoms with Crippen molar-refractivity contribution in [3.8, 4) is 0 Å². The smallest absolute Gasteiger partial charge is 0.310 e. The number of ether oxygens (including phenoxy) is 1. The van der Waals surface area contributed by atoms with Gasteiger partial charge in [0, 0.05) is 13.1 Å². The number of rotatable bonds is 1. The fraction of sp³-hybridized carbons (Fsp3) is 0.889. The summed E-state index contributed by atoms with van der Waals surface area (Å²) in [6.45, 7) is 3.21. The summed E-state index contributed by atoms with van der Waals surface area (Å²) in [4.78, 5) is 13.7. The summed E-state index contributed by atoms with van der Waals surface area (Å²) in [6, 6.07) is 0. The van der Waals surface area contributed by atoms with Crippen LogP contribution in [0.2, 0.25) is 0 Å². The zero-order valence-electron chi connectivity index (χ0n) is 7.45. The first-order chi connectivity index (χ1) is 5.81. The summed E-state index contributed by atoms with van der Waals surface area (Å²) in [5.41, 5.74) is 0. The molecule has 12 heavy (non-hydrogen) atoms. The van der Waals surface area contributed by atoms with Crippen LogP contribution in [0.25, 0.3) is 0 Å². The molecule has 0 aromatic heterocycles. The second-order valence-corrected chi connectivity index (χ2v) is 3.79. The maximum Gasteiger partial charge on any atom is 0.310 e. The molecule has 0 N–H and O–H groups in total. The number of carbonyl (C=O) groups is 1. The Balaban J connectivity index is 2.04. The normalized spacial score (nSPS) is 39.6. The summed E-state index contributed by atoms with van der Waals surface area (Å²) in [5, 5.41) is 0. The Morgan fingerprint density at radius 2 is 2.33 bits per heavy atom. The monoisotopic (exact) mass is 169 g/mol. The van der Waals surface area contributed by atoms with Crippen LogP contribution in [0.1, 0.15) is 12.8 Å². The molecule has 0 aromatic rings. The average molecular weight is 169 g/mol. The predicted octanol–water partition coefficient (Wildman–Crippen LogP) is 0.501. The van der Waals surface area contributed by atoms with Gasteiger partial charge in [-0.05, 0) is 25.3 Å². The third-order valence-corrected chi connectivity index (χ3v) is 3.07. The van der Waals surface area contributed by atoms with Crippen molar-refractivity contribution in [2.24, 2.45) is 11.8 Å². The fourth-order valence-corrected chi connectivity index (χ4v) is 2.43. The molecule has 3 nitrogen and oxygen atoms in total. The van der Waals surface area contributed by atoms with E-state index in [1.165, 1.54) is 26.5 Å². The molecule has 3 heteroatoms. The quantitative estimate of drug-likeness (QED) is 0.535. The van der Waals surface area contributed by atoms with Gasteiger partial charge in [-0.1, -0.05) is 0 Å². The lowest BCUT2D eigenvalue weighted by Crippen LogP contribution is -2.25. The Labute approximate surface area is 72.7 Å². The minimum atomic E-state index is -0.00981. The van der Waals surface area contributed by atoms with Gasteiger partial charge in [0.2, 0.25) is 0 Å². The standard InChI is InChI=1S/C9H15NO2/c1-12-9(11)8-6-10-4-2-3-7(8)5-10/h7-8H,2-6H2,1H3. The number of esters is 1. The van der Waals surface area contributed by atoms with Gasteiger partial charge in [-0.3, -0.25) is 4.79 Å². The molecule has 2 fully saturated rings. The second-order valence-electron chi connectivity index (χ2n) is 3.79. The Morgan fingerprint density at radius 3 is 3.00 bits per heavy atom. The molecule has 2 aliphatic heterocycles. The highest BCUT2D eigenvalue weighted by atomic mass is 16.5. The number of piperidine rings is 1. The Hall–Kier alpha value is -0.570. The van der Waals surface area contributed by atoms with Gasteiger partial charge in [-0.15, -0.1) is 0 Å². The van der Waals surface area contributed by atoms with Crippen LogP contribution in [0.3, 0.4) is 0 Å². The van der Waals surface area contributed by atoms with Crippen molar-refractivity contribution >= 4 is 5.97 Å². The number of nitrogens with zero attached hydrogens (tertiary/aromatic N) is 1. The lowest BCUT2D eigenvalue weighted by atomic mass is 9.91. The van der Waals surface area contributed by atoms with Crippen molar-refractivity contribution in [3.63, 3.8) is 0 Å². The minimum absolute atomic E-state index is 0.00981. The lowest BCUT2D eigenvalue weighted by Gasteiger charge is -2.21. The predicted molar refractivity (Wildman–Crippen MR) is 44.7 cm³/mol. The number of methoxy groups -OCH3 is 1. The first-order valence-electron chi connectivity index (χ1n) is 4.61. The third kappa shape index (κ3) is 1.22. The third-order valence-electron chi connectivity index (χ3n) is 3.07. The first-order valence-corrected chi connectivity index (χ1v) is 4.61. The molecular weight excluding hydrogens is 154 g/mol. The SMILES string of the molecule is COC(=O)C1CN2CCCC1C2. The van der Waals surface area contributed by atoms with Crippen LogP contribution in [-0.2, 0) is 9.53 Å². The van der Waals surface area contributed by atoms with Crippen LogP contribution in [0.15, 0.2) is 0 Å². The van der Waals surface area contributed by atoms with E-state index in [2.05, 4.69) is 4.90 Å². The Kier molecular flexibility index (Phi) is 2.05. The van der Waals surface area contributed by atoms with E-state index in [0.29, 0.717) is 5.92 Å². The second kappa shape index (κ2) is 3.05. The van der Waals surface area contributed by atoms with Gasteiger partial charge in [0.05, 0.1) is 13.0 Å². The van der Waals surface area contributed by atoms with Crippen LogP contribution in [0, 0.1) is 11.8 Å². The zero-order chi connectivity index (χ0) is 8.55. The van der Waals surface area contributed by atoms with E-state index in [4.69, 9.17) is 4.74 Å². The molecule has 0 aromatic carbocycles. The van der Waals surface area contributed by atoms with Crippen LogP contribution >= 0.6 is 0 Å². The molecule has 2 saturated heterocycles. The summed E-state index contributed by atoms with van der Waals surface area (Å²) in [6.07, 6.45) is 2.45. The van der Waals surface area contributed by atoms with Gasteiger partial charge in [0.15, 0.2) is 0 Å². The molecule has 0 spiro atoms. The van der Waals surface area contributed by atoms with Crippen molar-refractivity contribution in [3.05, 3.63) is 0 Å². The highest BCUT2D eigenvalue weighted by molar-refractivity contribution is 5.73. The van der Waals surface area contributed by atoms with E-state index in [1.807, 2.05) is 0 Å². The van der Waals surface area contributed by atoms with Gasteiger partial charge in [-0.25, -0.2) is 0 Å². The Morgan fingerprint density at radius 1 is 1.50 bits per heavy atom. The number of hydrogen-bond donors (Lipinski definition) is 0. The highest BCUT2D eigenvalue weighted by Gasteiger charge is 2.39. The molecule has 2 bridgehead atoms. The molecular formula is C9H15NO2. The van der Waals surface area contributed by atoms with E-state index in [9.17, 15) is 4.79 Å². The Bertz CT molecular complexity index is 193. The van der Waals surface area contributed by atoms with Crippen LogP contribution in [0.4, 0.5) is 0 Å². The van der Waals surface area contributed by atoms with Crippen molar-refractivity contribution in [2.75, 3.05) is 26.7 Å². The molecule has 68 valence electrons. The van der Waals surface area contributed by atoms with Gasteiger partial charge < -0.3 is 9.64 Å². The molecule has 2 aliphatic rings. The first kappa shape index (κ1) is 8.05.